The first-order valence-corrected chi connectivity index (χ1v) is 11.5. The average Bonchev–Trinajstić information content (AvgIpc) is 3.43. The molecule has 0 aromatic heterocycles. The molecule has 2 amide bonds. The van der Waals surface area contributed by atoms with Gasteiger partial charge in [-0.15, -0.1) is 0 Å². The fraction of sp³-hybridized carbons (Fsp3) is 0.500. The Bertz CT molecular complexity index is 1040. The van der Waals surface area contributed by atoms with Crippen molar-refractivity contribution in [3.8, 4) is 0 Å². The van der Waals surface area contributed by atoms with Gasteiger partial charge in [-0.1, -0.05) is 30.3 Å². The highest BCUT2D eigenvalue weighted by Gasteiger charge is 2.61. The van der Waals surface area contributed by atoms with Crippen LogP contribution in [0.4, 0.5) is 9.59 Å². The molecule has 0 aliphatic carbocycles. The van der Waals surface area contributed by atoms with E-state index in [0.29, 0.717) is 6.54 Å². The molecule has 1 aromatic carbocycles. The Morgan fingerprint density at radius 2 is 1.92 bits per heavy atom. The number of alkyl carbamates (subject to hydrolysis) is 1. The molecule has 3 saturated heterocycles. The quantitative estimate of drug-likeness (QED) is 0.328. The van der Waals surface area contributed by atoms with Crippen LogP contribution in [-0.4, -0.2) is 86.4 Å². The summed E-state index contributed by atoms with van der Waals surface area (Å²) in [4.78, 5) is 51.7. The second-order valence-corrected chi connectivity index (χ2v) is 8.47. The standard InChI is InChI=1S/C24H28N2O10/c1-4-26-18-17(35-23(26)30)13-33-16-11-24(21(28)32-3,36-19(16)18)10-15(20(27)31-2)25-22(29)34-12-14-8-6-5-7-9-14/h5-10,16-19H,4,11-13H2,1-3H3,(H,25,29)/b15-10-/t16-,17-,18-,19+,24-/m1/s1. The predicted molar refractivity (Wildman–Crippen MR) is 120 cm³/mol. The molecule has 194 valence electrons. The monoisotopic (exact) mass is 504 g/mol. The lowest BCUT2D eigenvalue weighted by Gasteiger charge is -2.36. The molecule has 12 heteroatoms. The number of benzene rings is 1. The van der Waals surface area contributed by atoms with Crippen LogP contribution in [0.3, 0.4) is 0 Å². The minimum atomic E-state index is -1.81. The first kappa shape index (κ1) is 25.5. The number of fused-ring (bicyclic) bond motifs is 3. The van der Waals surface area contributed by atoms with Crippen molar-refractivity contribution in [2.45, 2.75) is 49.9 Å². The molecule has 3 heterocycles. The van der Waals surface area contributed by atoms with E-state index >= 15 is 0 Å². The second kappa shape index (κ2) is 10.5. The minimum Gasteiger partial charge on any atom is -0.467 e. The molecule has 0 saturated carbocycles. The molecule has 12 nitrogen and oxygen atoms in total. The van der Waals surface area contributed by atoms with Gasteiger partial charge in [-0.25, -0.2) is 19.2 Å². The Balaban J connectivity index is 1.59. The Kier molecular flexibility index (Phi) is 7.45. The Morgan fingerprint density at radius 1 is 1.17 bits per heavy atom. The summed E-state index contributed by atoms with van der Waals surface area (Å²) in [6.07, 6.45) is -2.23. The number of carbonyl (C=O) groups is 4. The maximum absolute atomic E-state index is 13.0. The number of likely N-dealkylation sites (N-methyl/N-ethyl adjacent to an activating group) is 1. The molecule has 0 bridgehead atoms. The Hall–Kier alpha value is -3.64. The van der Waals surface area contributed by atoms with Gasteiger partial charge in [0.05, 0.1) is 26.9 Å². The van der Waals surface area contributed by atoms with Gasteiger partial charge in [0.25, 0.3) is 0 Å². The van der Waals surface area contributed by atoms with Crippen molar-refractivity contribution in [1.82, 2.24) is 10.2 Å². The lowest BCUT2D eigenvalue weighted by Crippen LogP contribution is -2.55. The molecule has 0 spiro atoms. The fourth-order valence-corrected chi connectivity index (χ4v) is 4.71. The lowest BCUT2D eigenvalue weighted by atomic mass is 9.92. The summed E-state index contributed by atoms with van der Waals surface area (Å²) in [7, 11) is 2.30. The van der Waals surface area contributed by atoms with Gasteiger partial charge >= 0.3 is 24.1 Å². The highest BCUT2D eigenvalue weighted by molar-refractivity contribution is 5.94. The van der Waals surface area contributed by atoms with Crippen LogP contribution in [0, 0.1) is 0 Å². The third kappa shape index (κ3) is 4.86. The van der Waals surface area contributed by atoms with Crippen LogP contribution in [0.15, 0.2) is 42.1 Å². The molecule has 4 rings (SSSR count). The zero-order valence-electron chi connectivity index (χ0n) is 20.1. The summed E-state index contributed by atoms with van der Waals surface area (Å²) in [5.74, 6) is -1.74. The fourth-order valence-electron chi connectivity index (χ4n) is 4.71. The molecule has 1 aromatic rings. The summed E-state index contributed by atoms with van der Waals surface area (Å²) in [6, 6.07) is 8.47. The molecule has 1 N–H and O–H groups in total. The molecule has 3 aliphatic heterocycles. The maximum atomic E-state index is 13.0. The van der Waals surface area contributed by atoms with Crippen molar-refractivity contribution >= 4 is 24.1 Å². The number of esters is 2. The molecule has 3 fully saturated rings. The van der Waals surface area contributed by atoms with Crippen LogP contribution in [0.2, 0.25) is 0 Å². The summed E-state index contributed by atoms with van der Waals surface area (Å²) in [6.45, 7) is 2.26. The first-order valence-electron chi connectivity index (χ1n) is 11.5. The summed E-state index contributed by atoms with van der Waals surface area (Å²) in [5, 5.41) is 2.33. The van der Waals surface area contributed by atoms with Crippen LogP contribution >= 0.6 is 0 Å². The highest BCUT2D eigenvalue weighted by atomic mass is 16.6. The topological polar surface area (TPSA) is 139 Å². The number of hydrogen-bond acceptors (Lipinski definition) is 10. The molecule has 36 heavy (non-hydrogen) atoms. The molecule has 0 radical (unpaired) electrons. The van der Waals surface area contributed by atoms with Gasteiger partial charge in [0.15, 0.2) is 5.60 Å². The number of hydrogen-bond donors (Lipinski definition) is 1. The van der Waals surface area contributed by atoms with E-state index < -0.39 is 54.1 Å². The minimum absolute atomic E-state index is 0.0272. The van der Waals surface area contributed by atoms with Crippen molar-refractivity contribution in [2.75, 3.05) is 27.4 Å². The third-order valence-corrected chi connectivity index (χ3v) is 6.36. The van der Waals surface area contributed by atoms with E-state index in [1.165, 1.54) is 12.0 Å². The van der Waals surface area contributed by atoms with E-state index in [2.05, 4.69) is 5.32 Å². The number of amides is 2. The molecular weight excluding hydrogens is 476 g/mol. The number of nitrogens with zero attached hydrogens (tertiary/aromatic N) is 1. The van der Waals surface area contributed by atoms with Crippen molar-refractivity contribution < 1.29 is 47.6 Å². The summed E-state index contributed by atoms with van der Waals surface area (Å²) < 4.78 is 32.4. The highest BCUT2D eigenvalue weighted by Crippen LogP contribution is 2.43. The molecule has 3 aliphatic rings. The SMILES string of the molecule is CCN1C(=O)O[C@@H]2CO[C@@H]3C[C@](/C=C(\NC(=O)OCc4ccccc4)C(=O)OC)(C(=O)OC)O[C@@H]3[C@@H]21. The van der Waals surface area contributed by atoms with Gasteiger partial charge < -0.3 is 28.4 Å². The van der Waals surface area contributed by atoms with Gasteiger partial charge in [-0.3, -0.25) is 10.2 Å². The number of carbonyl (C=O) groups excluding carboxylic acids is 4. The van der Waals surface area contributed by atoms with Gasteiger partial charge in [-0.05, 0) is 18.6 Å². The number of nitrogens with one attached hydrogen (secondary N) is 1. The van der Waals surface area contributed by atoms with E-state index in [4.69, 9.17) is 28.4 Å². The van der Waals surface area contributed by atoms with Crippen LogP contribution in [0.1, 0.15) is 18.9 Å². The summed E-state index contributed by atoms with van der Waals surface area (Å²) in [5.41, 5.74) is -1.44. The van der Waals surface area contributed by atoms with Crippen molar-refractivity contribution in [3.63, 3.8) is 0 Å². The predicted octanol–water partition coefficient (Wildman–Crippen LogP) is 1.28. The van der Waals surface area contributed by atoms with Crippen molar-refractivity contribution in [3.05, 3.63) is 47.7 Å². The average molecular weight is 504 g/mol. The Morgan fingerprint density at radius 3 is 2.58 bits per heavy atom. The normalized spacial score (nSPS) is 29.0. The van der Waals surface area contributed by atoms with Crippen LogP contribution in [-0.2, 0) is 44.6 Å². The zero-order valence-corrected chi connectivity index (χ0v) is 20.1. The first-order chi connectivity index (χ1) is 17.3. The maximum Gasteiger partial charge on any atom is 0.412 e. The molecule has 0 unspecified atom stereocenters. The zero-order chi connectivity index (χ0) is 25.9. The smallest absolute Gasteiger partial charge is 0.412 e. The van der Waals surface area contributed by atoms with Crippen molar-refractivity contribution in [1.29, 1.82) is 0 Å². The molecular formula is C24H28N2O10. The van der Waals surface area contributed by atoms with E-state index in [1.54, 1.807) is 31.2 Å². The largest absolute Gasteiger partial charge is 0.467 e. The number of methoxy groups -OCH3 is 2. The number of rotatable bonds is 7. The van der Waals surface area contributed by atoms with E-state index in [1.807, 2.05) is 6.07 Å². The Labute approximate surface area is 207 Å². The molecule has 5 atom stereocenters. The van der Waals surface area contributed by atoms with E-state index in [0.717, 1.165) is 18.7 Å². The van der Waals surface area contributed by atoms with E-state index in [9.17, 15) is 19.2 Å². The summed E-state index contributed by atoms with van der Waals surface area (Å²) >= 11 is 0. The van der Waals surface area contributed by atoms with Crippen molar-refractivity contribution in [2.24, 2.45) is 0 Å². The van der Waals surface area contributed by atoms with Gasteiger partial charge in [0, 0.05) is 13.0 Å². The van der Waals surface area contributed by atoms with Gasteiger partial charge in [-0.2, -0.15) is 0 Å². The van der Waals surface area contributed by atoms with E-state index in [-0.39, 0.29) is 25.3 Å². The number of ether oxygens (including phenoxy) is 6. The second-order valence-electron chi connectivity index (χ2n) is 8.47. The van der Waals surface area contributed by atoms with Crippen LogP contribution in [0.5, 0.6) is 0 Å². The van der Waals surface area contributed by atoms with Gasteiger partial charge in [0.2, 0.25) is 0 Å². The van der Waals surface area contributed by atoms with Gasteiger partial charge in [0.1, 0.15) is 30.6 Å². The van der Waals surface area contributed by atoms with Crippen LogP contribution < -0.4 is 5.32 Å². The lowest BCUT2D eigenvalue weighted by molar-refractivity contribution is -0.168. The van der Waals surface area contributed by atoms with Crippen LogP contribution in [0.25, 0.3) is 0 Å². The third-order valence-electron chi connectivity index (χ3n) is 6.36.